The van der Waals surface area contributed by atoms with E-state index in [1.54, 1.807) is 0 Å². The molecule has 2 aromatic rings. The maximum Gasteiger partial charge on any atom is 0.162 e. The van der Waals surface area contributed by atoms with Gasteiger partial charge in [0.25, 0.3) is 0 Å². The van der Waals surface area contributed by atoms with E-state index in [-0.39, 0.29) is 0 Å². The molecule has 4 heteroatoms. The third-order valence-electron chi connectivity index (χ3n) is 3.14. The van der Waals surface area contributed by atoms with Crippen LogP contribution < -0.4 is 5.32 Å². The van der Waals surface area contributed by atoms with Gasteiger partial charge >= 0.3 is 0 Å². The minimum atomic E-state index is 0.822. The van der Waals surface area contributed by atoms with Gasteiger partial charge in [0.2, 0.25) is 0 Å². The van der Waals surface area contributed by atoms with E-state index < -0.39 is 0 Å². The van der Waals surface area contributed by atoms with Crippen molar-refractivity contribution in [3.05, 3.63) is 39.1 Å². The Labute approximate surface area is 134 Å². The SMILES string of the molecule is CCCc1nc(-c2ccccc2C)nc(NCC)c1I. The molecule has 1 heterocycles. The van der Waals surface area contributed by atoms with Gasteiger partial charge in [0.15, 0.2) is 5.82 Å². The molecule has 0 fully saturated rings. The second-order valence-electron chi connectivity index (χ2n) is 4.75. The Bertz CT molecular complexity index is 569. The standard InChI is InChI=1S/C16H20IN3/c1-4-8-13-14(17)16(18-5-2)20-15(19-13)12-10-7-6-9-11(12)3/h6-7,9-10H,4-5,8H2,1-3H3,(H,18,19,20). The zero-order valence-electron chi connectivity index (χ0n) is 12.2. The third-order valence-corrected chi connectivity index (χ3v) is 4.27. The molecule has 0 aliphatic rings. The van der Waals surface area contributed by atoms with Crippen molar-refractivity contribution < 1.29 is 0 Å². The third kappa shape index (κ3) is 3.29. The molecule has 106 valence electrons. The minimum absolute atomic E-state index is 0.822. The average molecular weight is 381 g/mol. The van der Waals surface area contributed by atoms with Gasteiger partial charge in [0.05, 0.1) is 9.26 Å². The van der Waals surface area contributed by atoms with Gasteiger partial charge in [-0.2, -0.15) is 0 Å². The lowest BCUT2D eigenvalue weighted by Gasteiger charge is -2.13. The molecule has 0 amide bonds. The highest BCUT2D eigenvalue weighted by molar-refractivity contribution is 14.1. The maximum absolute atomic E-state index is 4.78. The maximum atomic E-state index is 4.78. The molecule has 0 unspecified atom stereocenters. The highest BCUT2D eigenvalue weighted by Gasteiger charge is 2.13. The number of nitrogens with one attached hydrogen (secondary N) is 1. The van der Waals surface area contributed by atoms with Gasteiger partial charge in [0.1, 0.15) is 5.82 Å². The molecule has 0 saturated heterocycles. The van der Waals surface area contributed by atoms with Crippen LogP contribution in [-0.4, -0.2) is 16.5 Å². The summed E-state index contributed by atoms with van der Waals surface area (Å²) in [4.78, 5) is 9.48. The minimum Gasteiger partial charge on any atom is -0.369 e. The second-order valence-corrected chi connectivity index (χ2v) is 5.83. The molecular formula is C16H20IN3. The van der Waals surface area contributed by atoms with E-state index in [9.17, 15) is 0 Å². The van der Waals surface area contributed by atoms with Crippen molar-refractivity contribution in [1.82, 2.24) is 9.97 Å². The lowest BCUT2D eigenvalue weighted by atomic mass is 10.1. The largest absolute Gasteiger partial charge is 0.369 e. The Balaban J connectivity index is 2.56. The molecule has 0 aliphatic heterocycles. The monoisotopic (exact) mass is 381 g/mol. The molecule has 0 saturated carbocycles. The van der Waals surface area contributed by atoms with Crippen LogP contribution in [-0.2, 0) is 6.42 Å². The molecule has 0 spiro atoms. The van der Waals surface area contributed by atoms with Crippen LogP contribution in [0, 0.1) is 10.5 Å². The van der Waals surface area contributed by atoms with E-state index in [2.05, 4.69) is 60.8 Å². The number of aryl methyl sites for hydroxylation is 2. The van der Waals surface area contributed by atoms with Gasteiger partial charge in [-0.15, -0.1) is 0 Å². The molecule has 2 rings (SSSR count). The van der Waals surface area contributed by atoms with E-state index >= 15 is 0 Å². The lowest BCUT2D eigenvalue weighted by Crippen LogP contribution is -2.08. The number of hydrogen-bond acceptors (Lipinski definition) is 3. The van der Waals surface area contributed by atoms with E-state index in [0.29, 0.717) is 0 Å². The summed E-state index contributed by atoms with van der Waals surface area (Å²) in [5.74, 6) is 1.77. The predicted molar refractivity (Wildman–Crippen MR) is 93.1 cm³/mol. The van der Waals surface area contributed by atoms with Crippen molar-refractivity contribution in [2.45, 2.75) is 33.6 Å². The molecule has 3 nitrogen and oxygen atoms in total. The summed E-state index contributed by atoms with van der Waals surface area (Å²) in [6.07, 6.45) is 2.07. The molecule has 1 aromatic carbocycles. The van der Waals surface area contributed by atoms with Gasteiger partial charge in [-0.25, -0.2) is 9.97 Å². The molecule has 0 bridgehead atoms. The topological polar surface area (TPSA) is 37.8 Å². The first kappa shape index (κ1) is 15.2. The van der Waals surface area contributed by atoms with Gasteiger partial charge in [-0.3, -0.25) is 0 Å². The predicted octanol–water partition coefficient (Wildman–Crippen LogP) is 4.44. The van der Waals surface area contributed by atoms with Crippen LogP contribution in [0.2, 0.25) is 0 Å². The lowest BCUT2D eigenvalue weighted by molar-refractivity contribution is 0.866. The number of halogens is 1. The van der Waals surface area contributed by atoms with Crippen molar-refractivity contribution in [1.29, 1.82) is 0 Å². The van der Waals surface area contributed by atoms with Crippen molar-refractivity contribution in [2.24, 2.45) is 0 Å². The molecule has 1 aromatic heterocycles. The summed E-state index contributed by atoms with van der Waals surface area (Å²) >= 11 is 2.34. The molecule has 0 atom stereocenters. The summed E-state index contributed by atoms with van der Waals surface area (Å²) in [6, 6.07) is 8.27. The quantitative estimate of drug-likeness (QED) is 0.779. The number of anilines is 1. The molecule has 20 heavy (non-hydrogen) atoms. The molecule has 1 N–H and O–H groups in total. The summed E-state index contributed by atoms with van der Waals surface area (Å²) in [5, 5.41) is 3.35. The van der Waals surface area contributed by atoms with Gasteiger partial charge in [-0.1, -0.05) is 37.6 Å². The van der Waals surface area contributed by atoms with Crippen LogP contribution in [0.15, 0.2) is 24.3 Å². The Morgan fingerprint density at radius 3 is 2.55 bits per heavy atom. The normalized spacial score (nSPS) is 10.6. The van der Waals surface area contributed by atoms with Crippen LogP contribution in [0.3, 0.4) is 0 Å². The van der Waals surface area contributed by atoms with Crippen LogP contribution in [0.5, 0.6) is 0 Å². The Kier molecular flexibility index (Phi) is 5.34. The van der Waals surface area contributed by atoms with Crippen LogP contribution >= 0.6 is 22.6 Å². The first-order valence-corrected chi connectivity index (χ1v) is 8.11. The Hall–Kier alpha value is -1.17. The van der Waals surface area contributed by atoms with Crippen molar-refractivity contribution in [3.63, 3.8) is 0 Å². The summed E-state index contributed by atoms with van der Waals surface area (Å²) in [7, 11) is 0. The van der Waals surface area contributed by atoms with Crippen molar-refractivity contribution in [2.75, 3.05) is 11.9 Å². The zero-order chi connectivity index (χ0) is 14.5. The van der Waals surface area contributed by atoms with Crippen molar-refractivity contribution >= 4 is 28.4 Å². The number of aromatic nitrogens is 2. The highest BCUT2D eigenvalue weighted by atomic mass is 127. The van der Waals surface area contributed by atoms with E-state index in [1.807, 2.05) is 12.1 Å². The highest BCUT2D eigenvalue weighted by Crippen LogP contribution is 2.26. The fourth-order valence-corrected chi connectivity index (χ4v) is 2.83. The Morgan fingerprint density at radius 1 is 1.15 bits per heavy atom. The van der Waals surface area contributed by atoms with Crippen molar-refractivity contribution in [3.8, 4) is 11.4 Å². The number of nitrogens with zero attached hydrogens (tertiary/aromatic N) is 2. The molecule has 0 radical (unpaired) electrons. The number of hydrogen-bond donors (Lipinski definition) is 1. The Morgan fingerprint density at radius 2 is 1.90 bits per heavy atom. The smallest absolute Gasteiger partial charge is 0.162 e. The fraction of sp³-hybridized carbons (Fsp3) is 0.375. The summed E-state index contributed by atoms with van der Waals surface area (Å²) in [6.45, 7) is 7.23. The first-order chi connectivity index (χ1) is 9.67. The van der Waals surface area contributed by atoms with E-state index in [0.717, 1.165) is 45.9 Å². The van der Waals surface area contributed by atoms with Gasteiger partial charge < -0.3 is 5.32 Å². The molecule has 0 aliphatic carbocycles. The average Bonchev–Trinajstić information content (AvgIpc) is 2.44. The first-order valence-electron chi connectivity index (χ1n) is 7.03. The number of rotatable bonds is 5. The van der Waals surface area contributed by atoms with Gasteiger partial charge in [0, 0.05) is 12.1 Å². The zero-order valence-corrected chi connectivity index (χ0v) is 14.4. The molecular weight excluding hydrogens is 361 g/mol. The van der Waals surface area contributed by atoms with Gasteiger partial charge in [-0.05, 0) is 48.4 Å². The van der Waals surface area contributed by atoms with E-state index in [1.165, 1.54) is 5.56 Å². The summed E-state index contributed by atoms with van der Waals surface area (Å²) < 4.78 is 1.14. The number of benzene rings is 1. The fourth-order valence-electron chi connectivity index (χ4n) is 2.12. The summed E-state index contributed by atoms with van der Waals surface area (Å²) in [5.41, 5.74) is 3.45. The second kappa shape index (κ2) is 7.02. The van der Waals surface area contributed by atoms with Crippen LogP contribution in [0.1, 0.15) is 31.5 Å². The van der Waals surface area contributed by atoms with E-state index in [4.69, 9.17) is 9.97 Å². The van der Waals surface area contributed by atoms with Crippen LogP contribution in [0.4, 0.5) is 5.82 Å². The van der Waals surface area contributed by atoms with Crippen LogP contribution in [0.25, 0.3) is 11.4 Å².